The standard InChI is InChI=1S/C13H23NS2/c1-4-15-9-7-11(2)14-12(3)10-13-6-5-8-16-13/h5-6,8,11-12,14H,4,7,9-10H2,1-3H3. The molecule has 0 fully saturated rings. The molecule has 0 aliphatic carbocycles. The number of thiophene rings is 1. The Morgan fingerprint density at radius 3 is 2.81 bits per heavy atom. The largest absolute Gasteiger partial charge is 0.311 e. The van der Waals surface area contributed by atoms with E-state index in [0.29, 0.717) is 12.1 Å². The fourth-order valence-electron chi connectivity index (χ4n) is 1.76. The lowest BCUT2D eigenvalue weighted by Crippen LogP contribution is -2.36. The second-order valence-electron chi connectivity index (χ2n) is 4.24. The molecule has 1 aromatic heterocycles. The summed E-state index contributed by atoms with van der Waals surface area (Å²) in [6.07, 6.45) is 2.43. The third-order valence-electron chi connectivity index (χ3n) is 2.56. The van der Waals surface area contributed by atoms with E-state index in [9.17, 15) is 0 Å². The summed E-state index contributed by atoms with van der Waals surface area (Å²) < 4.78 is 0. The van der Waals surface area contributed by atoms with Crippen LogP contribution in [0.15, 0.2) is 17.5 Å². The van der Waals surface area contributed by atoms with Gasteiger partial charge in [-0.15, -0.1) is 11.3 Å². The highest BCUT2D eigenvalue weighted by Crippen LogP contribution is 2.12. The van der Waals surface area contributed by atoms with Gasteiger partial charge < -0.3 is 5.32 Å². The fraction of sp³-hybridized carbons (Fsp3) is 0.692. The van der Waals surface area contributed by atoms with E-state index in [1.165, 1.54) is 22.8 Å². The second-order valence-corrected chi connectivity index (χ2v) is 6.66. The van der Waals surface area contributed by atoms with Crippen molar-refractivity contribution in [2.75, 3.05) is 11.5 Å². The lowest BCUT2D eigenvalue weighted by Gasteiger charge is -2.19. The first-order chi connectivity index (χ1) is 7.72. The van der Waals surface area contributed by atoms with Gasteiger partial charge in [-0.1, -0.05) is 13.0 Å². The van der Waals surface area contributed by atoms with E-state index >= 15 is 0 Å². The van der Waals surface area contributed by atoms with E-state index in [1.807, 2.05) is 23.1 Å². The molecular weight excluding hydrogens is 234 g/mol. The summed E-state index contributed by atoms with van der Waals surface area (Å²) in [4.78, 5) is 1.48. The Balaban J connectivity index is 2.15. The Labute approximate surface area is 108 Å². The minimum Gasteiger partial charge on any atom is -0.311 e. The number of nitrogens with one attached hydrogen (secondary N) is 1. The average molecular weight is 257 g/mol. The molecule has 0 aliphatic heterocycles. The number of thioether (sulfide) groups is 1. The highest BCUT2D eigenvalue weighted by atomic mass is 32.2. The molecular formula is C13H23NS2. The van der Waals surface area contributed by atoms with Crippen LogP contribution < -0.4 is 5.32 Å². The molecule has 1 aromatic rings. The zero-order chi connectivity index (χ0) is 11.8. The van der Waals surface area contributed by atoms with Crippen LogP contribution in [0.3, 0.4) is 0 Å². The van der Waals surface area contributed by atoms with Crippen LogP contribution in [0.4, 0.5) is 0 Å². The predicted octanol–water partition coefficient (Wildman–Crippen LogP) is 3.80. The molecule has 0 saturated heterocycles. The first-order valence-corrected chi connectivity index (χ1v) is 8.12. The van der Waals surface area contributed by atoms with Gasteiger partial charge in [0.05, 0.1) is 0 Å². The van der Waals surface area contributed by atoms with Crippen molar-refractivity contribution in [1.82, 2.24) is 5.32 Å². The lowest BCUT2D eigenvalue weighted by atomic mass is 10.1. The van der Waals surface area contributed by atoms with Crippen LogP contribution in [0.25, 0.3) is 0 Å². The molecule has 2 unspecified atom stereocenters. The van der Waals surface area contributed by atoms with Crippen molar-refractivity contribution in [2.24, 2.45) is 0 Å². The molecule has 16 heavy (non-hydrogen) atoms. The van der Waals surface area contributed by atoms with E-state index in [-0.39, 0.29) is 0 Å². The summed E-state index contributed by atoms with van der Waals surface area (Å²) in [5.74, 6) is 2.51. The van der Waals surface area contributed by atoms with Crippen LogP contribution in [0, 0.1) is 0 Å². The molecule has 0 aliphatic rings. The maximum Gasteiger partial charge on any atom is 0.00894 e. The first-order valence-electron chi connectivity index (χ1n) is 6.08. The highest BCUT2D eigenvalue weighted by Gasteiger charge is 2.08. The molecule has 0 amide bonds. The zero-order valence-electron chi connectivity index (χ0n) is 10.5. The third kappa shape index (κ3) is 5.92. The molecule has 92 valence electrons. The number of hydrogen-bond acceptors (Lipinski definition) is 3. The van der Waals surface area contributed by atoms with Gasteiger partial charge in [-0.25, -0.2) is 0 Å². The predicted molar refractivity (Wildman–Crippen MR) is 77.7 cm³/mol. The molecule has 1 nitrogen and oxygen atoms in total. The summed E-state index contributed by atoms with van der Waals surface area (Å²) in [5, 5.41) is 5.83. The van der Waals surface area contributed by atoms with Gasteiger partial charge in [-0.3, -0.25) is 0 Å². The second kappa shape index (κ2) is 8.15. The quantitative estimate of drug-likeness (QED) is 0.711. The van der Waals surface area contributed by atoms with Gasteiger partial charge in [0.1, 0.15) is 0 Å². The third-order valence-corrected chi connectivity index (χ3v) is 4.39. The van der Waals surface area contributed by atoms with E-state index in [2.05, 4.69) is 43.6 Å². The van der Waals surface area contributed by atoms with Crippen molar-refractivity contribution in [3.8, 4) is 0 Å². The van der Waals surface area contributed by atoms with Crippen LogP contribution in [-0.2, 0) is 6.42 Å². The van der Waals surface area contributed by atoms with E-state index in [0.717, 1.165) is 6.42 Å². The van der Waals surface area contributed by atoms with Crippen molar-refractivity contribution in [2.45, 2.75) is 45.7 Å². The van der Waals surface area contributed by atoms with Crippen molar-refractivity contribution in [3.63, 3.8) is 0 Å². The Bertz CT molecular complexity index is 259. The Hall–Kier alpha value is 0.01000. The summed E-state index contributed by atoms with van der Waals surface area (Å²) in [5.41, 5.74) is 0. The van der Waals surface area contributed by atoms with Crippen molar-refractivity contribution in [1.29, 1.82) is 0 Å². The smallest absolute Gasteiger partial charge is 0.00894 e. The van der Waals surface area contributed by atoms with Crippen LogP contribution >= 0.6 is 23.1 Å². The average Bonchev–Trinajstić information content (AvgIpc) is 2.70. The van der Waals surface area contributed by atoms with Crippen molar-refractivity contribution >= 4 is 23.1 Å². The molecule has 1 rings (SSSR count). The Kier molecular flexibility index (Phi) is 7.17. The van der Waals surface area contributed by atoms with E-state index in [1.54, 1.807) is 0 Å². The monoisotopic (exact) mass is 257 g/mol. The topological polar surface area (TPSA) is 12.0 Å². The van der Waals surface area contributed by atoms with Gasteiger partial charge in [-0.2, -0.15) is 11.8 Å². The minimum absolute atomic E-state index is 0.584. The number of rotatable bonds is 8. The Morgan fingerprint density at radius 2 is 2.19 bits per heavy atom. The molecule has 0 saturated carbocycles. The summed E-state index contributed by atoms with van der Waals surface area (Å²) in [6.45, 7) is 6.80. The van der Waals surface area contributed by atoms with Gasteiger partial charge in [0, 0.05) is 17.0 Å². The van der Waals surface area contributed by atoms with Gasteiger partial charge in [0.2, 0.25) is 0 Å². The molecule has 1 N–H and O–H groups in total. The van der Waals surface area contributed by atoms with Gasteiger partial charge in [0.25, 0.3) is 0 Å². The van der Waals surface area contributed by atoms with E-state index < -0.39 is 0 Å². The van der Waals surface area contributed by atoms with Crippen molar-refractivity contribution in [3.05, 3.63) is 22.4 Å². The maximum atomic E-state index is 3.67. The van der Waals surface area contributed by atoms with Crippen LogP contribution in [0.1, 0.15) is 32.1 Å². The normalized spacial score (nSPS) is 14.9. The maximum absolute atomic E-state index is 3.67. The summed E-state index contributed by atoms with van der Waals surface area (Å²) in [7, 11) is 0. The van der Waals surface area contributed by atoms with Gasteiger partial charge >= 0.3 is 0 Å². The summed E-state index contributed by atoms with van der Waals surface area (Å²) >= 11 is 3.89. The van der Waals surface area contributed by atoms with Crippen LogP contribution in [0.2, 0.25) is 0 Å². The van der Waals surface area contributed by atoms with E-state index in [4.69, 9.17) is 0 Å². The molecule has 0 spiro atoms. The molecule has 0 radical (unpaired) electrons. The molecule has 1 heterocycles. The van der Waals surface area contributed by atoms with Gasteiger partial charge in [-0.05, 0) is 49.6 Å². The minimum atomic E-state index is 0.584. The number of hydrogen-bond donors (Lipinski definition) is 1. The highest BCUT2D eigenvalue weighted by molar-refractivity contribution is 7.99. The molecule has 0 aromatic carbocycles. The van der Waals surface area contributed by atoms with Gasteiger partial charge in [0.15, 0.2) is 0 Å². The molecule has 0 bridgehead atoms. The summed E-state index contributed by atoms with van der Waals surface area (Å²) in [6, 6.07) is 5.57. The first kappa shape index (κ1) is 14.1. The van der Waals surface area contributed by atoms with Crippen molar-refractivity contribution < 1.29 is 0 Å². The lowest BCUT2D eigenvalue weighted by molar-refractivity contribution is 0.459. The zero-order valence-corrected chi connectivity index (χ0v) is 12.2. The van der Waals surface area contributed by atoms with Crippen LogP contribution in [0.5, 0.6) is 0 Å². The Morgan fingerprint density at radius 1 is 1.38 bits per heavy atom. The SMILES string of the molecule is CCSCCC(C)NC(C)Cc1cccs1. The molecule has 3 heteroatoms. The fourth-order valence-corrected chi connectivity index (χ4v) is 3.41. The molecule has 2 atom stereocenters. The van der Waals surface area contributed by atoms with Crippen LogP contribution in [-0.4, -0.2) is 23.6 Å².